The Morgan fingerprint density at radius 2 is 2.29 bits per heavy atom. The number of aromatic nitrogens is 1. The van der Waals surface area contributed by atoms with Gasteiger partial charge in [-0.25, -0.2) is 4.98 Å². The molecule has 5 nitrogen and oxygen atoms in total. The van der Waals surface area contributed by atoms with Gasteiger partial charge in [-0.3, -0.25) is 4.79 Å². The monoisotopic (exact) mass is 235 g/mol. The summed E-state index contributed by atoms with van der Waals surface area (Å²) in [5, 5.41) is 3.11. The summed E-state index contributed by atoms with van der Waals surface area (Å²) in [5.41, 5.74) is 1.79. The number of methoxy groups -OCH3 is 1. The Kier molecular flexibility index (Phi) is 3.28. The maximum absolute atomic E-state index is 11.8. The standard InChI is InChI=1S/C12H17N3O2/c1-8-12(16)15(2)10-5-4-9(6-7-17-3)14-11(10)13-8/h4-5,8H,6-7H2,1-3H3,(H,13,14). The van der Waals surface area contributed by atoms with Crippen LogP contribution in [0.3, 0.4) is 0 Å². The molecule has 1 unspecified atom stereocenters. The van der Waals surface area contributed by atoms with Crippen LogP contribution in [-0.2, 0) is 16.0 Å². The predicted molar refractivity (Wildman–Crippen MR) is 66.3 cm³/mol. The lowest BCUT2D eigenvalue weighted by Crippen LogP contribution is -2.43. The van der Waals surface area contributed by atoms with Gasteiger partial charge in [0.2, 0.25) is 5.91 Å². The van der Waals surface area contributed by atoms with Crippen LogP contribution in [0.1, 0.15) is 12.6 Å². The minimum absolute atomic E-state index is 0.0592. The fraction of sp³-hybridized carbons (Fsp3) is 0.500. The van der Waals surface area contributed by atoms with Crippen molar-refractivity contribution in [1.29, 1.82) is 0 Å². The van der Waals surface area contributed by atoms with Crippen molar-refractivity contribution in [3.05, 3.63) is 17.8 Å². The Morgan fingerprint density at radius 1 is 1.53 bits per heavy atom. The van der Waals surface area contributed by atoms with Gasteiger partial charge in [0.25, 0.3) is 0 Å². The molecule has 2 rings (SSSR count). The van der Waals surface area contributed by atoms with E-state index in [4.69, 9.17) is 4.74 Å². The summed E-state index contributed by atoms with van der Waals surface area (Å²) in [6.07, 6.45) is 0.775. The van der Waals surface area contributed by atoms with Gasteiger partial charge in [-0.05, 0) is 19.1 Å². The highest BCUT2D eigenvalue weighted by atomic mass is 16.5. The number of hydrogen-bond donors (Lipinski definition) is 1. The fourth-order valence-corrected chi connectivity index (χ4v) is 1.89. The topological polar surface area (TPSA) is 54.5 Å². The first-order valence-electron chi connectivity index (χ1n) is 5.66. The van der Waals surface area contributed by atoms with Crippen LogP contribution in [0.5, 0.6) is 0 Å². The van der Waals surface area contributed by atoms with E-state index in [2.05, 4.69) is 10.3 Å². The molecule has 17 heavy (non-hydrogen) atoms. The molecule has 0 aromatic carbocycles. The smallest absolute Gasteiger partial charge is 0.249 e. The van der Waals surface area contributed by atoms with Gasteiger partial charge in [0, 0.05) is 26.3 Å². The number of pyridine rings is 1. The van der Waals surface area contributed by atoms with Gasteiger partial charge < -0.3 is 15.0 Å². The number of hydrogen-bond acceptors (Lipinski definition) is 4. The summed E-state index contributed by atoms with van der Waals surface area (Å²) in [4.78, 5) is 17.9. The summed E-state index contributed by atoms with van der Waals surface area (Å²) < 4.78 is 5.02. The number of likely N-dealkylation sites (N-methyl/N-ethyl adjacent to an activating group) is 1. The second-order valence-electron chi connectivity index (χ2n) is 4.18. The first-order chi connectivity index (χ1) is 8.13. The fourth-order valence-electron chi connectivity index (χ4n) is 1.89. The van der Waals surface area contributed by atoms with Crippen molar-refractivity contribution in [3.63, 3.8) is 0 Å². The molecule has 0 aliphatic carbocycles. The second-order valence-corrected chi connectivity index (χ2v) is 4.18. The van der Waals surface area contributed by atoms with Crippen LogP contribution in [0, 0.1) is 0 Å². The molecule has 1 aromatic rings. The van der Waals surface area contributed by atoms with Gasteiger partial charge in [-0.15, -0.1) is 0 Å². The molecule has 0 fully saturated rings. The number of amides is 1. The molecule has 92 valence electrons. The van der Waals surface area contributed by atoms with Crippen LogP contribution < -0.4 is 10.2 Å². The van der Waals surface area contributed by atoms with Gasteiger partial charge in [0.1, 0.15) is 6.04 Å². The normalized spacial score (nSPS) is 18.9. The molecule has 0 saturated heterocycles. The largest absolute Gasteiger partial charge is 0.384 e. The van der Waals surface area contributed by atoms with Crippen molar-refractivity contribution >= 4 is 17.4 Å². The van der Waals surface area contributed by atoms with Crippen molar-refractivity contribution in [3.8, 4) is 0 Å². The zero-order valence-electron chi connectivity index (χ0n) is 10.4. The quantitative estimate of drug-likeness (QED) is 0.850. The summed E-state index contributed by atoms with van der Waals surface area (Å²) >= 11 is 0. The minimum Gasteiger partial charge on any atom is -0.384 e. The van der Waals surface area contributed by atoms with E-state index in [0.717, 1.165) is 23.6 Å². The van der Waals surface area contributed by atoms with Crippen LogP contribution in [0.4, 0.5) is 11.5 Å². The maximum Gasteiger partial charge on any atom is 0.249 e. The van der Waals surface area contributed by atoms with E-state index in [9.17, 15) is 4.79 Å². The highest BCUT2D eigenvalue weighted by Crippen LogP contribution is 2.28. The van der Waals surface area contributed by atoms with Gasteiger partial charge in [0.05, 0.1) is 12.3 Å². The molecule has 1 aromatic heterocycles. The first-order valence-corrected chi connectivity index (χ1v) is 5.66. The Balaban J connectivity index is 2.27. The SMILES string of the molecule is COCCc1ccc2c(n1)NC(C)C(=O)N2C. The van der Waals surface area contributed by atoms with E-state index in [1.54, 1.807) is 19.1 Å². The lowest BCUT2D eigenvalue weighted by molar-refractivity contribution is -0.118. The summed E-state index contributed by atoms with van der Waals surface area (Å²) in [7, 11) is 3.44. The van der Waals surface area contributed by atoms with Crippen LogP contribution >= 0.6 is 0 Å². The number of ether oxygens (including phenoxy) is 1. The van der Waals surface area contributed by atoms with Crippen LogP contribution in [0.15, 0.2) is 12.1 Å². The van der Waals surface area contributed by atoms with E-state index in [0.29, 0.717) is 6.61 Å². The molecule has 1 N–H and O–H groups in total. The summed E-state index contributed by atoms with van der Waals surface area (Å²) in [5.74, 6) is 0.831. The molecule has 2 heterocycles. The second kappa shape index (κ2) is 4.71. The molecule has 5 heteroatoms. The highest BCUT2D eigenvalue weighted by Gasteiger charge is 2.27. The molecule has 1 amide bonds. The molecule has 1 aliphatic rings. The minimum atomic E-state index is -0.224. The number of anilines is 2. The molecule has 0 saturated carbocycles. The average Bonchev–Trinajstić information content (AvgIpc) is 2.33. The lowest BCUT2D eigenvalue weighted by atomic mass is 10.1. The van der Waals surface area contributed by atoms with Crippen LogP contribution in [-0.4, -0.2) is 37.7 Å². The van der Waals surface area contributed by atoms with Crippen molar-refractivity contribution in [1.82, 2.24) is 4.98 Å². The molecular formula is C12H17N3O2. The lowest BCUT2D eigenvalue weighted by Gasteiger charge is -2.30. The number of nitrogens with one attached hydrogen (secondary N) is 1. The molecule has 0 radical (unpaired) electrons. The predicted octanol–water partition coefficient (Wildman–Crippen LogP) is 1.05. The molecule has 0 spiro atoms. The van der Waals surface area contributed by atoms with Gasteiger partial charge >= 0.3 is 0 Å². The zero-order chi connectivity index (χ0) is 12.4. The third-order valence-electron chi connectivity index (χ3n) is 2.91. The Bertz CT molecular complexity index is 434. The van der Waals surface area contributed by atoms with E-state index in [1.165, 1.54) is 0 Å². The van der Waals surface area contributed by atoms with Crippen molar-refractivity contribution in [2.24, 2.45) is 0 Å². The van der Waals surface area contributed by atoms with Crippen molar-refractivity contribution < 1.29 is 9.53 Å². The van der Waals surface area contributed by atoms with E-state index in [1.807, 2.05) is 19.1 Å². The van der Waals surface area contributed by atoms with Crippen LogP contribution in [0.25, 0.3) is 0 Å². The molecule has 0 bridgehead atoms. The first kappa shape index (κ1) is 11.9. The molecular weight excluding hydrogens is 218 g/mol. The number of carbonyl (C=O) groups is 1. The molecule has 1 aliphatic heterocycles. The third kappa shape index (κ3) is 2.24. The maximum atomic E-state index is 11.8. The highest BCUT2D eigenvalue weighted by molar-refractivity contribution is 6.03. The number of nitrogens with zero attached hydrogens (tertiary/aromatic N) is 2. The third-order valence-corrected chi connectivity index (χ3v) is 2.91. The van der Waals surface area contributed by atoms with Gasteiger partial charge in [0.15, 0.2) is 5.82 Å². The van der Waals surface area contributed by atoms with E-state index >= 15 is 0 Å². The Labute approximate surface area is 101 Å². The summed E-state index contributed by atoms with van der Waals surface area (Å²) in [6.45, 7) is 2.49. The van der Waals surface area contributed by atoms with Gasteiger partial charge in [-0.1, -0.05) is 0 Å². The zero-order valence-corrected chi connectivity index (χ0v) is 10.4. The van der Waals surface area contributed by atoms with E-state index < -0.39 is 0 Å². The van der Waals surface area contributed by atoms with Crippen molar-refractivity contribution in [2.45, 2.75) is 19.4 Å². The Morgan fingerprint density at radius 3 is 3.00 bits per heavy atom. The number of carbonyl (C=O) groups excluding carboxylic acids is 1. The average molecular weight is 235 g/mol. The molecule has 1 atom stereocenters. The van der Waals surface area contributed by atoms with Gasteiger partial charge in [-0.2, -0.15) is 0 Å². The summed E-state index contributed by atoms with van der Waals surface area (Å²) in [6, 6.07) is 3.63. The number of fused-ring (bicyclic) bond motifs is 1. The Hall–Kier alpha value is -1.62. The van der Waals surface area contributed by atoms with E-state index in [-0.39, 0.29) is 11.9 Å². The van der Waals surface area contributed by atoms with Crippen molar-refractivity contribution in [2.75, 3.05) is 31.0 Å². The number of rotatable bonds is 3. The van der Waals surface area contributed by atoms with Crippen LogP contribution in [0.2, 0.25) is 0 Å².